The Morgan fingerprint density at radius 3 is 2.22 bits per heavy atom. The average Bonchev–Trinajstić information content (AvgIpc) is 2.58. The summed E-state index contributed by atoms with van der Waals surface area (Å²) in [6.45, 7) is 6.18. The minimum atomic E-state index is -2.76. The Hall–Kier alpha value is -1.20. The van der Waals surface area contributed by atoms with Crippen molar-refractivity contribution >= 4 is 11.9 Å². The second-order valence-corrected chi connectivity index (χ2v) is 6.01. The van der Waals surface area contributed by atoms with Crippen LogP contribution in [0.3, 0.4) is 0 Å². The molecule has 1 aliphatic rings. The van der Waals surface area contributed by atoms with Gasteiger partial charge in [0.2, 0.25) is 0 Å². The molecule has 1 unspecified atom stereocenters. The highest BCUT2D eigenvalue weighted by molar-refractivity contribution is 5.85. The maximum Gasteiger partial charge on any atom is 0.408 e. The van der Waals surface area contributed by atoms with Crippen molar-refractivity contribution < 1.29 is 23.1 Å². The second kappa shape index (κ2) is 4.48. The number of alkyl halides is 2. The fraction of sp³-hybridized carbons (Fsp3) is 0.833. The normalized spacial score (nSPS) is 25.4. The molecule has 4 nitrogen and oxygen atoms in total. The lowest BCUT2D eigenvalue weighted by Gasteiger charge is -2.19. The molecule has 1 rings (SSSR count). The van der Waals surface area contributed by atoms with Gasteiger partial charge in [-0.3, -0.25) is 4.79 Å². The molecule has 0 aromatic heterocycles. The molecule has 1 saturated carbocycles. The third-order valence-electron chi connectivity index (χ3n) is 2.79. The Bertz CT molecular complexity index is 363. The van der Waals surface area contributed by atoms with Crippen molar-refractivity contribution in [1.82, 2.24) is 5.32 Å². The first-order valence-electron chi connectivity index (χ1n) is 5.82. The van der Waals surface area contributed by atoms with E-state index in [1.807, 2.05) is 0 Å². The number of alkyl carbamates (subject to hydrolysis) is 1. The molecular weight excluding hydrogens is 244 g/mol. The van der Waals surface area contributed by atoms with E-state index >= 15 is 0 Å². The molecular formula is C12H19F2NO3. The van der Waals surface area contributed by atoms with Crippen molar-refractivity contribution in [3.8, 4) is 0 Å². The van der Waals surface area contributed by atoms with E-state index in [0.29, 0.717) is 0 Å². The summed E-state index contributed by atoms with van der Waals surface area (Å²) < 4.78 is 30.7. The highest BCUT2D eigenvalue weighted by Gasteiger charge is 2.68. The topological polar surface area (TPSA) is 55.4 Å². The number of nitrogens with one attached hydrogen (secondary N) is 1. The molecule has 0 spiro atoms. The van der Waals surface area contributed by atoms with Crippen LogP contribution in [0.2, 0.25) is 0 Å². The number of rotatable bonds is 4. The third kappa shape index (κ3) is 3.92. The van der Waals surface area contributed by atoms with Gasteiger partial charge >= 0.3 is 6.09 Å². The molecule has 1 fully saturated rings. The maximum atomic E-state index is 12.9. The first-order chi connectivity index (χ1) is 7.95. The molecule has 0 bridgehead atoms. The zero-order valence-electron chi connectivity index (χ0n) is 11.1. The van der Waals surface area contributed by atoms with Crippen molar-refractivity contribution in [3.63, 3.8) is 0 Å². The lowest BCUT2D eigenvalue weighted by atomic mass is 10.0. The van der Waals surface area contributed by atoms with E-state index in [2.05, 4.69) is 5.32 Å². The van der Waals surface area contributed by atoms with Crippen LogP contribution in [-0.2, 0) is 9.53 Å². The van der Waals surface area contributed by atoms with Gasteiger partial charge in [-0.2, -0.15) is 0 Å². The summed E-state index contributed by atoms with van der Waals surface area (Å²) in [5.41, 5.74) is -1.89. The predicted molar refractivity (Wildman–Crippen MR) is 61.5 cm³/mol. The molecule has 104 valence electrons. The van der Waals surface area contributed by atoms with E-state index in [1.54, 1.807) is 20.8 Å². The van der Waals surface area contributed by atoms with Crippen LogP contribution < -0.4 is 5.32 Å². The zero-order chi connectivity index (χ0) is 14.2. The Kier molecular flexibility index (Phi) is 3.70. The van der Waals surface area contributed by atoms with Crippen LogP contribution in [0.25, 0.3) is 0 Å². The maximum absolute atomic E-state index is 12.9. The van der Waals surface area contributed by atoms with Crippen LogP contribution in [0.4, 0.5) is 13.6 Å². The van der Waals surface area contributed by atoms with Crippen LogP contribution in [0.5, 0.6) is 0 Å². The minimum absolute atomic E-state index is 0.226. The molecule has 0 heterocycles. The smallest absolute Gasteiger partial charge is 0.408 e. The Balaban J connectivity index is 2.29. The van der Waals surface area contributed by atoms with Gasteiger partial charge in [0.1, 0.15) is 5.60 Å². The molecule has 0 saturated heterocycles. The van der Waals surface area contributed by atoms with E-state index in [4.69, 9.17) is 4.74 Å². The Morgan fingerprint density at radius 2 is 1.83 bits per heavy atom. The van der Waals surface area contributed by atoms with Crippen LogP contribution in [0.1, 0.15) is 40.5 Å². The summed E-state index contributed by atoms with van der Waals surface area (Å²) in [5.74, 6) is -3.17. The number of amides is 1. The number of Topliss-reactive ketones (excluding diaryl/α,β-unsaturated/α-hetero) is 1. The van der Waals surface area contributed by atoms with Crippen molar-refractivity contribution in [2.45, 2.75) is 52.1 Å². The summed E-state index contributed by atoms with van der Waals surface area (Å²) >= 11 is 0. The Morgan fingerprint density at radius 1 is 1.33 bits per heavy atom. The van der Waals surface area contributed by atoms with E-state index in [1.165, 1.54) is 6.92 Å². The van der Waals surface area contributed by atoms with E-state index in [9.17, 15) is 18.4 Å². The summed E-state index contributed by atoms with van der Waals surface area (Å²) in [7, 11) is 0. The van der Waals surface area contributed by atoms with Gasteiger partial charge in [0, 0.05) is 18.3 Å². The lowest BCUT2D eigenvalue weighted by molar-refractivity contribution is -0.120. The molecule has 1 aliphatic carbocycles. The third-order valence-corrected chi connectivity index (χ3v) is 2.79. The van der Waals surface area contributed by atoms with Gasteiger partial charge in [0.25, 0.3) is 5.92 Å². The monoisotopic (exact) mass is 263 g/mol. The van der Waals surface area contributed by atoms with Crippen molar-refractivity contribution in [1.29, 1.82) is 0 Å². The average molecular weight is 263 g/mol. The van der Waals surface area contributed by atoms with Crippen molar-refractivity contribution in [2.24, 2.45) is 5.41 Å². The van der Waals surface area contributed by atoms with Crippen molar-refractivity contribution in [3.05, 3.63) is 0 Å². The number of hydrogen-bond acceptors (Lipinski definition) is 3. The number of ether oxygens (including phenoxy) is 1. The second-order valence-electron chi connectivity index (χ2n) is 6.01. The molecule has 6 heteroatoms. The van der Waals surface area contributed by atoms with Crippen LogP contribution in [0.15, 0.2) is 0 Å². The quantitative estimate of drug-likeness (QED) is 0.848. The summed E-state index contributed by atoms with van der Waals surface area (Å²) in [5, 5.41) is 2.26. The largest absolute Gasteiger partial charge is 0.444 e. The molecule has 0 aliphatic heterocycles. The minimum Gasteiger partial charge on any atom is -0.444 e. The zero-order valence-corrected chi connectivity index (χ0v) is 11.1. The molecule has 1 amide bonds. The van der Waals surface area contributed by atoms with E-state index in [-0.39, 0.29) is 19.4 Å². The first kappa shape index (κ1) is 14.9. The highest BCUT2D eigenvalue weighted by atomic mass is 19.3. The van der Waals surface area contributed by atoms with Gasteiger partial charge in [-0.25, -0.2) is 13.6 Å². The molecule has 0 aromatic carbocycles. The molecule has 1 atom stereocenters. The fourth-order valence-electron chi connectivity index (χ4n) is 1.62. The van der Waals surface area contributed by atoms with Gasteiger partial charge < -0.3 is 10.1 Å². The predicted octanol–water partition coefficient (Wildman–Crippen LogP) is 2.52. The molecule has 18 heavy (non-hydrogen) atoms. The Labute approximate surface area is 105 Å². The fourth-order valence-corrected chi connectivity index (χ4v) is 1.62. The van der Waals surface area contributed by atoms with Gasteiger partial charge in [-0.15, -0.1) is 0 Å². The van der Waals surface area contributed by atoms with Gasteiger partial charge in [0.15, 0.2) is 5.78 Å². The summed E-state index contributed by atoms with van der Waals surface area (Å²) in [6, 6.07) is 0. The van der Waals surface area contributed by atoms with Crippen molar-refractivity contribution in [2.75, 3.05) is 6.54 Å². The first-order valence-corrected chi connectivity index (χ1v) is 5.82. The van der Waals surface area contributed by atoms with E-state index < -0.39 is 28.8 Å². The number of hydrogen-bond donors (Lipinski definition) is 1. The highest BCUT2D eigenvalue weighted by Crippen LogP contribution is 2.62. The molecule has 0 radical (unpaired) electrons. The summed E-state index contributed by atoms with van der Waals surface area (Å²) in [4.78, 5) is 22.7. The lowest BCUT2D eigenvalue weighted by Crippen LogP contribution is -2.36. The van der Waals surface area contributed by atoms with Gasteiger partial charge in [-0.05, 0) is 20.8 Å². The van der Waals surface area contributed by atoms with Crippen LogP contribution >= 0.6 is 0 Å². The van der Waals surface area contributed by atoms with E-state index in [0.717, 1.165) is 0 Å². The van der Waals surface area contributed by atoms with Gasteiger partial charge in [0.05, 0.1) is 6.54 Å². The standard InChI is InChI=1S/C12H19F2NO3/c1-10(2,3)18-9(17)15-6-8(16)5-11(4)7-12(11,13)14/h5-7H2,1-4H3,(H,15,17). The summed E-state index contributed by atoms with van der Waals surface area (Å²) in [6.07, 6.45) is -1.21. The molecule has 1 N–H and O–H groups in total. The van der Waals surface area contributed by atoms with Crippen LogP contribution in [0, 0.1) is 5.41 Å². The number of carbonyl (C=O) groups is 2. The van der Waals surface area contributed by atoms with Crippen LogP contribution in [-0.4, -0.2) is 29.9 Å². The number of ketones is 1. The molecule has 0 aromatic rings. The number of carbonyl (C=O) groups excluding carboxylic acids is 2. The van der Waals surface area contributed by atoms with Gasteiger partial charge in [-0.1, -0.05) is 6.92 Å². The SMILES string of the molecule is CC(C)(C)OC(=O)NCC(=O)CC1(C)CC1(F)F. The number of halogens is 2.